The van der Waals surface area contributed by atoms with E-state index >= 15 is 0 Å². The van der Waals surface area contributed by atoms with Gasteiger partial charge in [0, 0.05) is 42.9 Å². The zero-order chi connectivity index (χ0) is 25.4. The molecule has 0 spiro atoms. The van der Waals surface area contributed by atoms with E-state index in [2.05, 4.69) is 25.8 Å². The van der Waals surface area contributed by atoms with Gasteiger partial charge in [-0.15, -0.1) is 11.3 Å². The fraction of sp³-hybridized carbons (Fsp3) is 0.600. The summed E-state index contributed by atoms with van der Waals surface area (Å²) in [4.78, 5) is 21.1. The number of likely N-dealkylation sites (tertiary alicyclic amines) is 1. The van der Waals surface area contributed by atoms with Crippen molar-refractivity contribution in [3.8, 4) is 0 Å². The standard InChI is InChI=1S/C25H32F3N3O3S/c1-24(2,3)21-15-31(14-19-5-4-10-34-19)23(35-21)29-22(33)20-11-17(25(26,27)28)7-6-16(20)12-30-9-8-18(32)13-30/h6-7,11,15,18-19,32H,4-5,8-10,12-14H2,1-3H3/b29-23-/t18-,19-/m1/s1. The molecular formula is C25H32F3N3O3S. The summed E-state index contributed by atoms with van der Waals surface area (Å²) in [5, 5.41) is 9.83. The van der Waals surface area contributed by atoms with Gasteiger partial charge in [-0.2, -0.15) is 18.2 Å². The molecule has 10 heteroatoms. The highest BCUT2D eigenvalue weighted by Crippen LogP contribution is 2.32. The smallest absolute Gasteiger partial charge is 0.392 e. The van der Waals surface area contributed by atoms with Crippen LogP contribution in [0.3, 0.4) is 0 Å². The predicted molar refractivity (Wildman–Crippen MR) is 127 cm³/mol. The summed E-state index contributed by atoms with van der Waals surface area (Å²) in [6.45, 7) is 8.76. The molecule has 3 heterocycles. The normalized spacial score (nSPS) is 22.3. The number of hydrogen-bond donors (Lipinski definition) is 1. The Balaban J connectivity index is 1.73. The second-order valence-electron chi connectivity index (χ2n) is 10.4. The van der Waals surface area contributed by atoms with E-state index < -0.39 is 23.8 Å². The molecular weight excluding hydrogens is 479 g/mol. The zero-order valence-electron chi connectivity index (χ0n) is 20.3. The Kier molecular flexibility index (Phi) is 7.57. The van der Waals surface area contributed by atoms with Crippen LogP contribution in [0.1, 0.15) is 66.4 Å². The monoisotopic (exact) mass is 511 g/mol. The van der Waals surface area contributed by atoms with Gasteiger partial charge in [-0.05, 0) is 42.4 Å². The first kappa shape index (κ1) is 26.1. The number of rotatable bonds is 5. The van der Waals surface area contributed by atoms with E-state index in [4.69, 9.17) is 4.74 Å². The minimum atomic E-state index is -4.57. The molecule has 0 unspecified atom stereocenters. The largest absolute Gasteiger partial charge is 0.416 e. The van der Waals surface area contributed by atoms with Gasteiger partial charge >= 0.3 is 6.18 Å². The van der Waals surface area contributed by atoms with Gasteiger partial charge in [0.15, 0.2) is 4.80 Å². The molecule has 2 aliphatic heterocycles. The number of amides is 1. The number of aromatic nitrogens is 1. The maximum atomic E-state index is 13.5. The molecule has 4 rings (SSSR count). The number of carbonyl (C=O) groups excluding carboxylic acids is 1. The lowest BCUT2D eigenvalue weighted by Crippen LogP contribution is -2.25. The molecule has 35 heavy (non-hydrogen) atoms. The third kappa shape index (κ3) is 6.41. The van der Waals surface area contributed by atoms with E-state index in [0.717, 1.165) is 29.9 Å². The van der Waals surface area contributed by atoms with Gasteiger partial charge in [0.25, 0.3) is 5.91 Å². The lowest BCUT2D eigenvalue weighted by atomic mass is 9.95. The number of benzene rings is 1. The van der Waals surface area contributed by atoms with Crippen LogP contribution in [0.4, 0.5) is 13.2 Å². The van der Waals surface area contributed by atoms with Crippen LogP contribution < -0.4 is 4.80 Å². The minimum Gasteiger partial charge on any atom is -0.392 e. The van der Waals surface area contributed by atoms with E-state index in [0.29, 0.717) is 43.0 Å². The maximum absolute atomic E-state index is 13.5. The van der Waals surface area contributed by atoms with Gasteiger partial charge in [0.05, 0.1) is 24.3 Å². The first-order valence-electron chi connectivity index (χ1n) is 11.9. The van der Waals surface area contributed by atoms with Crippen LogP contribution in [0.2, 0.25) is 0 Å². The number of β-amino-alcohol motifs (C(OH)–C–C–N with tert-alkyl or cyclic N) is 1. The second-order valence-corrected chi connectivity index (χ2v) is 11.4. The second kappa shape index (κ2) is 10.2. The van der Waals surface area contributed by atoms with E-state index in [1.54, 1.807) is 0 Å². The van der Waals surface area contributed by atoms with Crippen LogP contribution in [0, 0.1) is 0 Å². The van der Waals surface area contributed by atoms with E-state index in [1.807, 2.05) is 15.7 Å². The van der Waals surface area contributed by atoms with E-state index in [9.17, 15) is 23.1 Å². The lowest BCUT2D eigenvalue weighted by Gasteiger charge is -2.18. The topological polar surface area (TPSA) is 67.1 Å². The number of hydrogen-bond acceptors (Lipinski definition) is 5. The molecule has 0 aliphatic carbocycles. The molecule has 6 nitrogen and oxygen atoms in total. The van der Waals surface area contributed by atoms with Crippen LogP contribution in [-0.2, 0) is 29.4 Å². The number of thiazole rings is 1. The molecule has 2 saturated heterocycles. The summed E-state index contributed by atoms with van der Waals surface area (Å²) in [7, 11) is 0. The van der Waals surface area contributed by atoms with Crippen molar-refractivity contribution in [1.29, 1.82) is 0 Å². The fourth-order valence-electron chi connectivity index (χ4n) is 4.39. The van der Waals surface area contributed by atoms with E-state index in [1.165, 1.54) is 17.4 Å². The lowest BCUT2D eigenvalue weighted by molar-refractivity contribution is -0.137. The molecule has 192 valence electrons. The Labute approximate surface area is 207 Å². The number of nitrogens with zero attached hydrogens (tertiary/aromatic N) is 3. The van der Waals surface area contributed by atoms with Gasteiger partial charge < -0.3 is 14.4 Å². The zero-order valence-corrected chi connectivity index (χ0v) is 21.1. The first-order chi connectivity index (χ1) is 16.4. The van der Waals surface area contributed by atoms with Crippen molar-refractivity contribution < 1.29 is 27.8 Å². The predicted octanol–water partition coefficient (Wildman–Crippen LogP) is 4.35. The van der Waals surface area contributed by atoms with Gasteiger partial charge in [0.1, 0.15) is 0 Å². The third-order valence-corrected chi connectivity index (χ3v) is 7.84. The third-order valence-electron chi connectivity index (χ3n) is 6.39. The maximum Gasteiger partial charge on any atom is 0.416 e. The number of alkyl halides is 3. The minimum absolute atomic E-state index is 0.0252. The first-order valence-corrected chi connectivity index (χ1v) is 12.7. The van der Waals surface area contributed by atoms with Gasteiger partial charge in [0.2, 0.25) is 0 Å². The highest BCUT2D eigenvalue weighted by atomic mass is 32.1. The highest BCUT2D eigenvalue weighted by Gasteiger charge is 2.32. The molecule has 1 amide bonds. The van der Waals surface area contributed by atoms with Crippen molar-refractivity contribution in [3.63, 3.8) is 0 Å². The molecule has 1 aromatic heterocycles. The number of aliphatic hydroxyl groups is 1. The SMILES string of the molecule is CC(C)(C)c1cn(C[C@H]2CCCO2)/c(=N/C(=O)c2cc(C(F)(F)F)ccc2CN2CC[C@@H](O)C2)s1. The van der Waals surface area contributed by atoms with Gasteiger partial charge in [-0.3, -0.25) is 9.69 Å². The summed E-state index contributed by atoms with van der Waals surface area (Å²) >= 11 is 1.38. The number of carbonyl (C=O) groups is 1. The van der Waals surface area contributed by atoms with Crippen molar-refractivity contribution >= 4 is 17.2 Å². The van der Waals surface area contributed by atoms with Gasteiger partial charge in [-0.25, -0.2) is 0 Å². The Hall–Kier alpha value is -2.01. The van der Waals surface area contributed by atoms with E-state index in [-0.39, 0.29) is 23.6 Å². The molecule has 2 aliphatic rings. The Morgan fingerprint density at radius 2 is 2.03 bits per heavy atom. The molecule has 2 aromatic rings. The summed E-state index contributed by atoms with van der Waals surface area (Å²) in [5.41, 5.74) is -0.637. The van der Waals surface area contributed by atoms with Crippen LogP contribution in [0.5, 0.6) is 0 Å². The Morgan fingerprint density at radius 1 is 1.26 bits per heavy atom. The van der Waals surface area contributed by atoms with Crippen LogP contribution in [-0.4, -0.2) is 52.4 Å². The van der Waals surface area contributed by atoms with Crippen molar-refractivity contribution in [3.05, 3.63) is 50.8 Å². The summed E-state index contributed by atoms with van der Waals surface area (Å²) in [6, 6.07) is 3.25. The van der Waals surface area contributed by atoms with Crippen LogP contribution in [0.25, 0.3) is 0 Å². The van der Waals surface area contributed by atoms with Crippen molar-refractivity contribution in [2.75, 3.05) is 19.7 Å². The summed E-state index contributed by atoms with van der Waals surface area (Å²) in [6.07, 6.45) is -0.547. The number of halogens is 3. The van der Waals surface area contributed by atoms with Crippen molar-refractivity contribution in [1.82, 2.24) is 9.47 Å². The molecule has 1 N–H and O–H groups in total. The molecule has 1 aromatic carbocycles. The Morgan fingerprint density at radius 3 is 2.63 bits per heavy atom. The molecule has 2 fully saturated rings. The van der Waals surface area contributed by atoms with Crippen LogP contribution in [0.15, 0.2) is 29.4 Å². The molecule has 0 radical (unpaired) electrons. The number of aliphatic hydroxyl groups excluding tert-OH is 1. The van der Waals surface area contributed by atoms with Crippen LogP contribution >= 0.6 is 11.3 Å². The Bertz CT molecular complexity index is 1130. The van der Waals surface area contributed by atoms with Crippen molar-refractivity contribution in [2.24, 2.45) is 4.99 Å². The molecule has 2 atom stereocenters. The quantitative estimate of drug-likeness (QED) is 0.648. The number of ether oxygens (including phenoxy) is 1. The van der Waals surface area contributed by atoms with Gasteiger partial charge in [-0.1, -0.05) is 26.8 Å². The average Bonchev–Trinajstić information content (AvgIpc) is 3.50. The fourth-order valence-corrected chi connectivity index (χ4v) is 5.44. The molecule has 0 saturated carbocycles. The summed E-state index contributed by atoms with van der Waals surface area (Å²) in [5.74, 6) is -0.700. The molecule has 0 bridgehead atoms. The summed E-state index contributed by atoms with van der Waals surface area (Å²) < 4.78 is 48.1. The highest BCUT2D eigenvalue weighted by molar-refractivity contribution is 7.09. The van der Waals surface area contributed by atoms with Crippen molar-refractivity contribution in [2.45, 2.75) is 76.9 Å². The average molecular weight is 512 g/mol.